The highest BCUT2D eigenvalue weighted by Crippen LogP contribution is 2.12. The van der Waals surface area contributed by atoms with Crippen LogP contribution in [0, 0.1) is 0 Å². The normalized spacial score (nSPS) is 16.9. The second kappa shape index (κ2) is 8.15. The summed E-state index contributed by atoms with van der Waals surface area (Å²) in [5.74, 6) is -0.187. The Labute approximate surface area is 127 Å². The molecule has 1 heterocycles. The van der Waals surface area contributed by atoms with E-state index in [9.17, 15) is 4.79 Å². The molecule has 1 aromatic carbocycles. The first-order chi connectivity index (χ1) is 10.2. The van der Waals surface area contributed by atoms with E-state index in [-0.39, 0.29) is 5.97 Å². The monoisotopic (exact) mass is 290 g/mol. The van der Waals surface area contributed by atoms with Gasteiger partial charge in [-0.2, -0.15) is 0 Å². The van der Waals surface area contributed by atoms with E-state index in [1.807, 2.05) is 18.2 Å². The van der Waals surface area contributed by atoms with Crippen molar-refractivity contribution in [2.75, 3.05) is 26.7 Å². The van der Waals surface area contributed by atoms with Gasteiger partial charge in [0, 0.05) is 19.1 Å². The molecule has 2 rings (SSSR count). The number of methoxy groups -OCH3 is 1. The number of ether oxygens (including phenoxy) is 1. The van der Waals surface area contributed by atoms with Crippen molar-refractivity contribution in [1.29, 1.82) is 0 Å². The van der Waals surface area contributed by atoms with Gasteiger partial charge in [-0.3, -0.25) is 9.69 Å². The molecule has 0 amide bonds. The van der Waals surface area contributed by atoms with Crippen molar-refractivity contribution in [2.24, 2.45) is 0 Å². The molecule has 4 heteroatoms. The van der Waals surface area contributed by atoms with Crippen LogP contribution in [0.1, 0.15) is 30.9 Å². The molecule has 1 fully saturated rings. The SMILES string of the molecule is COC(=O)Cc1ccccc1CNCC(C)N1CCCC1. The minimum Gasteiger partial charge on any atom is -0.469 e. The lowest BCUT2D eigenvalue weighted by atomic mass is 10.0. The molecule has 0 aliphatic carbocycles. The number of nitrogens with one attached hydrogen (secondary N) is 1. The number of likely N-dealkylation sites (tertiary alicyclic amines) is 1. The van der Waals surface area contributed by atoms with Crippen LogP contribution >= 0.6 is 0 Å². The van der Waals surface area contributed by atoms with Gasteiger partial charge in [-0.05, 0) is 44.0 Å². The highest BCUT2D eigenvalue weighted by molar-refractivity contribution is 5.72. The first-order valence-corrected chi connectivity index (χ1v) is 7.79. The molecular weight excluding hydrogens is 264 g/mol. The number of carbonyl (C=O) groups is 1. The summed E-state index contributed by atoms with van der Waals surface area (Å²) in [6, 6.07) is 8.63. The van der Waals surface area contributed by atoms with E-state index < -0.39 is 0 Å². The summed E-state index contributed by atoms with van der Waals surface area (Å²) in [6.07, 6.45) is 2.99. The lowest BCUT2D eigenvalue weighted by Gasteiger charge is -2.24. The first-order valence-electron chi connectivity index (χ1n) is 7.79. The Morgan fingerprint density at radius 1 is 1.29 bits per heavy atom. The maximum Gasteiger partial charge on any atom is 0.309 e. The second-order valence-corrected chi connectivity index (χ2v) is 5.74. The van der Waals surface area contributed by atoms with Crippen LogP contribution in [-0.2, 0) is 22.5 Å². The standard InChI is InChI=1S/C17H26N2O2/c1-14(19-9-5-6-10-19)12-18-13-16-8-4-3-7-15(16)11-17(20)21-2/h3-4,7-8,14,18H,5-6,9-13H2,1-2H3. The zero-order valence-corrected chi connectivity index (χ0v) is 13.1. The Morgan fingerprint density at radius 3 is 2.62 bits per heavy atom. The van der Waals surface area contributed by atoms with Crippen molar-refractivity contribution < 1.29 is 9.53 Å². The van der Waals surface area contributed by atoms with Crippen molar-refractivity contribution >= 4 is 5.97 Å². The summed E-state index contributed by atoms with van der Waals surface area (Å²) < 4.78 is 4.75. The highest BCUT2D eigenvalue weighted by atomic mass is 16.5. The second-order valence-electron chi connectivity index (χ2n) is 5.74. The van der Waals surface area contributed by atoms with Gasteiger partial charge in [0.2, 0.25) is 0 Å². The highest BCUT2D eigenvalue weighted by Gasteiger charge is 2.17. The number of carbonyl (C=O) groups excluding carboxylic acids is 1. The quantitative estimate of drug-likeness (QED) is 0.780. The topological polar surface area (TPSA) is 41.6 Å². The fourth-order valence-corrected chi connectivity index (χ4v) is 2.86. The molecule has 0 bridgehead atoms. The third-order valence-corrected chi connectivity index (χ3v) is 4.20. The predicted molar refractivity (Wildman–Crippen MR) is 84.1 cm³/mol. The summed E-state index contributed by atoms with van der Waals surface area (Å²) in [6.45, 7) is 6.50. The molecule has 1 N–H and O–H groups in total. The van der Waals surface area contributed by atoms with Crippen molar-refractivity contribution in [1.82, 2.24) is 10.2 Å². The van der Waals surface area contributed by atoms with Gasteiger partial charge in [-0.1, -0.05) is 24.3 Å². The molecule has 1 aromatic rings. The van der Waals surface area contributed by atoms with E-state index in [0.717, 1.165) is 18.7 Å². The Bertz CT molecular complexity index is 456. The Hall–Kier alpha value is -1.39. The lowest BCUT2D eigenvalue weighted by Crippen LogP contribution is -2.38. The molecule has 4 nitrogen and oxygen atoms in total. The van der Waals surface area contributed by atoms with Crippen LogP contribution in [0.2, 0.25) is 0 Å². The fraction of sp³-hybridized carbons (Fsp3) is 0.588. The van der Waals surface area contributed by atoms with Crippen LogP contribution in [0.4, 0.5) is 0 Å². The number of rotatable bonds is 7. The third-order valence-electron chi connectivity index (χ3n) is 4.20. The average Bonchev–Trinajstić information content (AvgIpc) is 3.03. The van der Waals surface area contributed by atoms with Crippen LogP contribution in [0.5, 0.6) is 0 Å². The fourth-order valence-electron chi connectivity index (χ4n) is 2.86. The minimum absolute atomic E-state index is 0.187. The summed E-state index contributed by atoms with van der Waals surface area (Å²) in [7, 11) is 1.43. The van der Waals surface area contributed by atoms with Crippen LogP contribution in [-0.4, -0.2) is 43.7 Å². The molecule has 21 heavy (non-hydrogen) atoms. The van der Waals surface area contributed by atoms with Crippen molar-refractivity contribution in [3.63, 3.8) is 0 Å². The van der Waals surface area contributed by atoms with Gasteiger partial charge < -0.3 is 10.1 Å². The Balaban J connectivity index is 1.83. The van der Waals surface area contributed by atoms with Crippen LogP contribution in [0.3, 0.4) is 0 Å². The van der Waals surface area contributed by atoms with Gasteiger partial charge in [0.1, 0.15) is 0 Å². The van der Waals surface area contributed by atoms with Gasteiger partial charge in [-0.15, -0.1) is 0 Å². The Morgan fingerprint density at radius 2 is 1.95 bits per heavy atom. The minimum atomic E-state index is -0.187. The predicted octanol–water partition coefficient (Wildman–Crippen LogP) is 1.98. The van der Waals surface area contributed by atoms with Crippen molar-refractivity contribution in [3.05, 3.63) is 35.4 Å². The van der Waals surface area contributed by atoms with Gasteiger partial charge >= 0.3 is 5.97 Å². The van der Waals surface area contributed by atoms with E-state index in [4.69, 9.17) is 4.74 Å². The molecule has 0 radical (unpaired) electrons. The van der Waals surface area contributed by atoms with E-state index in [0.29, 0.717) is 12.5 Å². The van der Waals surface area contributed by atoms with E-state index >= 15 is 0 Å². The molecule has 0 aromatic heterocycles. The summed E-state index contributed by atoms with van der Waals surface area (Å²) in [5.41, 5.74) is 2.22. The van der Waals surface area contributed by atoms with Crippen molar-refractivity contribution in [2.45, 2.75) is 38.8 Å². The van der Waals surface area contributed by atoms with Crippen LogP contribution in [0.25, 0.3) is 0 Å². The number of nitrogens with zero attached hydrogens (tertiary/aromatic N) is 1. The number of benzene rings is 1. The zero-order valence-electron chi connectivity index (χ0n) is 13.1. The molecule has 116 valence electrons. The average molecular weight is 290 g/mol. The lowest BCUT2D eigenvalue weighted by molar-refractivity contribution is -0.139. The first kappa shape index (κ1) is 16.0. The maximum absolute atomic E-state index is 11.4. The zero-order chi connectivity index (χ0) is 15.1. The summed E-state index contributed by atoms with van der Waals surface area (Å²) in [4.78, 5) is 14.0. The molecule has 1 atom stereocenters. The van der Waals surface area contributed by atoms with Crippen LogP contribution in [0.15, 0.2) is 24.3 Å². The van der Waals surface area contributed by atoms with Gasteiger partial charge in [-0.25, -0.2) is 0 Å². The third kappa shape index (κ3) is 4.83. The van der Waals surface area contributed by atoms with Gasteiger partial charge in [0.25, 0.3) is 0 Å². The van der Waals surface area contributed by atoms with Crippen LogP contribution < -0.4 is 5.32 Å². The number of hydrogen-bond acceptors (Lipinski definition) is 4. The molecular formula is C17H26N2O2. The smallest absolute Gasteiger partial charge is 0.309 e. The molecule has 0 spiro atoms. The number of esters is 1. The van der Waals surface area contributed by atoms with E-state index in [1.54, 1.807) is 0 Å². The number of hydrogen-bond donors (Lipinski definition) is 1. The molecule has 1 saturated heterocycles. The van der Waals surface area contributed by atoms with E-state index in [2.05, 4.69) is 23.2 Å². The molecule has 1 aliphatic rings. The van der Waals surface area contributed by atoms with Gasteiger partial charge in [0.15, 0.2) is 0 Å². The largest absolute Gasteiger partial charge is 0.469 e. The van der Waals surface area contributed by atoms with Gasteiger partial charge in [0.05, 0.1) is 13.5 Å². The Kier molecular flexibility index (Phi) is 6.21. The van der Waals surface area contributed by atoms with E-state index in [1.165, 1.54) is 38.6 Å². The van der Waals surface area contributed by atoms with Crippen molar-refractivity contribution in [3.8, 4) is 0 Å². The maximum atomic E-state index is 11.4. The molecule has 1 aliphatic heterocycles. The molecule has 1 unspecified atom stereocenters. The molecule has 0 saturated carbocycles. The summed E-state index contributed by atoms with van der Waals surface area (Å²) >= 11 is 0. The summed E-state index contributed by atoms with van der Waals surface area (Å²) in [5, 5.41) is 3.52.